The summed E-state index contributed by atoms with van der Waals surface area (Å²) in [6, 6.07) is 1.39. The summed E-state index contributed by atoms with van der Waals surface area (Å²) >= 11 is 0. The quantitative estimate of drug-likeness (QED) is 0.255. The predicted molar refractivity (Wildman–Crippen MR) is 57.6 cm³/mol. The molecule has 0 aliphatic rings. The second-order valence-corrected chi connectivity index (χ2v) is 3.00. The van der Waals surface area contributed by atoms with Gasteiger partial charge in [0.05, 0.1) is 11.4 Å². The minimum atomic E-state index is -0.0353. The van der Waals surface area contributed by atoms with Crippen molar-refractivity contribution in [2.75, 3.05) is 17.6 Å². The second kappa shape index (κ2) is 3.91. The Hall–Kier alpha value is -1.84. The maximum absolute atomic E-state index is 9.64. The van der Waals surface area contributed by atoms with Crippen molar-refractivity contribution in [3.63, 3.8) is 0 Å². The van der Waals surface area contributed by atoms with Crippen molar-refractivity contribution in [1.82, 2.24) is 0 Å². The zero-order valence-corrected chi connectivity index (χ0v) is 8.04. The van der Waals surface area contributed by atoms with Gasteiger partial charge in [-0.15, -0.1) is 6.58 Å². The van der Waals surface area contributed by atoms with Crippen LogP contribution in [0.1, 0.15) is 5.56 Å². The van der Waals surface area contributed by atoms with Gasteiger partial charge in [-0.05, 0) is 6.92 Å². The van der Waals surface area contributed by atoms with Gasteiger partial charge in [0.1, 0.15) is 11.5 Å². The normalized spacial score (nSPS) is 9.79. The van der Waals surface area contributed by atoms with Gasteiger partial charge in [-0.3, -0.25) is 0 Å². The molecule has 0 aromatic heterocycles. The van der Waals surface area contributed by atoms with Gasteiger partial charge in [-0.25, -0.2) is 0 Å². The average Bonchev–Trinajstić information content (AvgIpc) is 2.18. The van der Waals surface area contributed by atoms with E-state index in [4.69, 9.17) is 5.73 Å². The van der Waals surface area contributed by atoms with Crippen molar-refractivity contribution < 1.29 is 10.2 Å². The van der Waals surface area contributed by atoms with Crippen LogP contribution in [-0.2, 0) is 0 Å². The van der Waals surface area contributed by atoms with Crippen molar-refractivity contribution in [2.24, 2.45) is 0 Å². The average molecular weight is 194 g/mol. The van der Waals surface area contributed by atoms with Crippen LogP contribution in [0.15, 0.2) is 18.7 Å². The number of phenolic OH excluding ortho intramolecular Hbond substituents is 2. The smallest absolute Gasteiger partial charge is 0.143 e. The molecule has 0 atom stereocenters. The second-order valence-electron chi connectivity index (χ2n) is 3.00. The molecule has 0 unspecified atom stereocenters. The molecule has 0 bridgehead atoms. The molecule has 1 rings (SSSR count). The number of nitrogens with one attached hydrogen (secondary N) is 1. The fourth-order valence-electron chi connectivity index (χ4n) is 1.12. The number of benzene rings is 1. The SMILES string of the molecule is C=CCNc1cc(O)c(N)c(C)c1O. The lowest BCUT2D eigenvalue weighted by Gasteiger charge is -2.11. The fourth-order valence-corrected chi connectivity index (χ4v) is 1.12. The first-order valence-corrected chi connectivity index (χ1v) is 4.23. The first-order valence-electron chi connectivity index (χ1n) is 4.23. The van der Waals surface area contributed by atoms with E-state index in [0.717, 1.165) is 0 Å². The van der Waals surface area contributed by atoms with Crippen LogP contribution >= 0.6 is 0 Å². The molecule has 4 nitrogen and oxygen atoms in total. The van der Waals surface area contributed by atoms with Crippen LogP contribution < -0.4 is 11.1 Å². The summed E-state index contributed by atoms with van der Waals surface area (Å²) in [5.41, 5.74) is 6.64. The molecule has 0 spiro atoms. The fraction of sp³-hybridized carbons (Fsp3) is 0.200. The van der Waals surface area contributed by atoms with E-state index in [1.54, 1.807) is 13.0 Å². The summed E-state index contributed by atoms with van der Waals surface area (Å²) in [6.07, 6.45) is 1.65. The van der Waals surface area contributed by atoms with E-state index in [9.17, 15) is 10.2 Å². The van der Waals surface area contributed by atoms with Crippen LogP contribution in [-0.4, -0.2) is 16.8 Å². The van der Waals surface area contributed by atoms with Crippen LogP contribution in [0, 0.1) is 6.92 Å². The Morgan fingerprint density at radius 2 is 2.21 bits per heavy atom. The third-order valence-corrected chi connectivity index (χ3v) is 2.01. The lowest BCUT2D eigenvalue weighted by atomic mass is 10.1. The Balaban J connectivity index is 3.12. The Kier molecular flexibility index (Phi) is 2.86. The van der Waals surface area contributed by atoms with Gasteiger partial charge >= 0.3 is 0 Å². The van der Waals surface area contributed by atoms with Crippen molar-refractivity contribution in [3.05, 3.63) is 24.3 Å². The molecule has 0 aliphatic carbocycles. The van der Waals surface area contributed by atoms with Crippen molar-refractivity contribution in [1.29, 1.82) is 0 Å². The van der Waals surface area contributed by atoms with E-state index >= 15 is 0 Å². The minimum Gasteiger partial charge on any atom is -0.506 e. The number of nitrogen functional groups attached to an aromatic ring is 1. The van der Waals surface area contributed by atoms with Gasteiger partial charge in [0.15, 0.2) is 0 Å². The Morgan fingerprint density at radius 1 is 1.57 bits per heavy atom. The summed E-state index contributed by atoms with van der Waals surface area (Å²) in [5, 5.41) is 21.9. The molecule has 0 aliphatic heterocycles. The molecule has 0 heterocycles. The largest absolute Gasteiger partial charge is 0.506 e. The first-order chi connectivity index (χ1) is 6.57. The van der Waals surface area contributed by atoms with Gasteiger partial charge in [0, 0.05) is 18.2 Å². The Morgan fingerprint density at radius 3 is 2.79 bits per heavy atom. The lowest BCUT2D eigenvalue weighted by molar-refractivity contribution is 0.461. The highest BCUT2D eigenvalue weighted by Gasteiger charge is 2.10. The summed E-state index contributed by atoms with van der Waals surface area (Å²) in [4.78, 5) is 0. The standard InChI is InChI=1S/C10H14N2O2/c1-3-4-12-7-5-8(13)9(11)6(2)10(7)14/h3,5,12-14H,1,4,11H2,2H3. The van der Waals surface area contributed by atoms with Gasteiger partial charge in [0.2, 0.25) is 0 Å². The molecule has 0 radical (unpaired) electrons. The van der Waals surface area contributed by atoms with Crippen molar-refractivity contribution in [3.8, 4) is 11.5 Å². The maximum atomic E-state index is 9.64. The van der Waals surface area contributed by atoms with Crippen molar-refractivity contribution in [2.45, 2.75) is 6.92 Å². The molecule has 0 fully saturated rings. The number of anilines is 2. The van der Waals surface area contributed by atoms with E-state index in [1.165, 1.54) is 6.07 Å². The number of hydrogen-bond acceptors (Lipinski definition) is 4. The Labute approximate surface area is 82.7 Å². The summed E-state index contributed by atoms with van der Waals surface area (Å²) in [6.45, 7) is 5.69. The van der Waals surface area contributed by atoms with Gasteiger partial charge in [-0.2, -0.15) is 0 Å². The van der Waals surface area contributed by atoms with Crippen LogP contribution in [0.25, 0.3) is 0 Å². The highest BCUT2D eigenvalue weighted by Crippen LogP contribution is 2.37. The molecule has 76 valence electrons. The molecule has 5 N–H and O–H groups in total. The molecule has 0 amide bonds. The van der Waals surface area contributed by atoms with Crippen molar-refractivity contribution >= 4 is 11.4 Å². The number of hydrogen-bond donors (Lipinski definition) is 4. The Bertz CT molecular complexity index is 362. The minimum absolute atomic E-state index is 0.0353. The van der Waals surface area contributed by atoms with Gasteiger partial charge < -0.3 is 21.3 Å². The van der Waals surface area contributed by atoms with E-state index in [-0.39, 0.29) is 17.2 Å². The number of aromatic hydroxyl groups is 2. The predicted octanol–water partition coefficient (Wildman–Crippen LogP) is 1.59. The van der Waals surface area contributed by atoms with Gasteiger partial charge in [0.25, 0.3) is 0 Å². The molecule has 0 saturated heterocycles. The zero-order chi connectivity index (χ0) is 10.7. The molecular formula is C10H14N2O2. The highest BCUT2D eigenvalue weighted by atomic mass is 16.3. The monoisotopic (exact) mass is 194 g/mol. The first kappa shape index (κ1) is 10.2. The summed E-state index contributed by atoms with van der Waals surface area (Å²) in [5.74, 6) is 0.0222. The van der Waals surface area contributed by atoms with Gasteiger partial charge in [-0.1, -0.05) is 6.08 Å². The summed E-state index contributed by atoms with van der Waals surface area (Å²) < 4.78 is 0. The lowest BCUT2D eigenvalue weighted by Crippen LogP contribution is -2.00. The van der Waals surface area contributed by atoms with Crippen LogP contribution in [0.5, 0.6) is 11.5 Å². The molecule has 4 heteroatoms. The number of rotatable bonds is 3. The third-order valence-electron chi connectivity index (χ3n) is 2.01. The van der Waals surface area contributed by atoms with E-state index in [1.807, 2.05) is 0 Å². The number of nitrogens with two attached hydrogens (primary N) is 1. The van der Waals surface area contributed by atoms with E-state index < -0.39 is 0 Å². The molecule has 1 aromatic rings. The van der Waals surface area contributed by atoms with Crippen LogP contribution in [0.3, 0.4) is 0 Å². The topological polar surface area (TPSA) is 78.5 Å². The van der Waals surface area contributed by atoms with E-state index in [2.05, 4.69) is 11.9 Å². The van der Waals surface area contributed by atoms with E-state index in [0.29, 0.717) is 17.8 Å². The third kappa shape index (κ3) is 1.74. The van der Waals surface area contributed by atoms with Crippen LogP contribution in [0.2, 0.25) is 0 Å². The summed E-state index contributed by atoms with van der Waals surface area (Å²) in [7, 11) is 0. The highest BCUT2D eigenvalue weighted by molar-refractivity contribution is 5.73. The molecule has 14 heavy (non-hydrogen) atoms. The van der Waals surface area contributed by atoms with Crippen LogP contribution in [0.4, 0.5) is 11.4 Å². The molecular weight excluding hydrogens is 180 g/mol. The molecule has 1 aromatic carbocycles. The maximum Gasteiger partial charge on any atom is 0.143 e. The zero-order valence-electron chi connectivity index (χ0n) is 8.04. The molecule has 0 saturated carbocycles. The number of phenols is 2.